The van der Waals surface area contributed by atoms with E-state index in [0.29, 0.717) is 36.2 Å². The Morgan fingerprint density at radius 1 is 0.924 bits per heavy atom. The lowest BCUT2D eigenvalue weighted by Crippen LogP contribution is -2.47. The monoisotopic (exact) mass is 985 g/mol. The third-order valence-corrected chi connectivity index (χ3v) is 15.8. The summed E-state index contributed by atoms with van der Waals surface area (Å²) in [5.74, 6) is -0.732. The van der Waals surface area contributed by atoms with Crippen molar-refractivity contribution in [1.82, 2.24) is 14.9 Å². The van der Waals surface area contributed by atoms with Gasteiger partial charge in [0.25, 0.3) is 25.8 Å². The smallest absolute Gasteiger partial charge is 0.501 e. The van der Waals surface area contributed by atoms with Gasteiger partial charge in [-0.3, -0.25) is 9.69 Å². The summed E-state index contributed by atoms with van der Waals surface area (Å²) in [7, 11) is -10.9. The molecular formula is C48H55ClF3N5O6S3. The predicted molar refractivity (Wildman–Crippen MR) is 258 cm³/mol. The highest BCUT2D eigenvalue weighted by Crippen LogP contribution is 2.43. The molecule has 354 valence electrons. The summed E-state index contributed by atoms with van der Waals surface area (Å²) in [4.78, 5) is 16.7. The molecule has 0 unspecified atom stereocenters. The molecule has 1 fully saturated rings. The lowest BCUT2D eigenvalue weighted by atomic mass is 9.72. The minimum Gasteiger partial charge on any atom is -0.516 e. The Kier molecular flexibility index (Phi) is 17.0. The summed E-state index contributed by atoms with van der Waals surface area (Å²) < 4.78 is 97.4. The van der Waals surface area contributed by atoms with Crippen molar-refractivity contribution in [1.29, 1.82) is 0 Å². The molecule has 0 saturated carbocycles. The minimum absolute atomic E-state index is 0.0173. The fourth-order valence-electron chi connectivity index (χ4n) is 7.86. The van der Waals surface area contributed by atoms with Crippen LogP contribution in [-0.2, 0) is 19.9 Å². The Morgan fingerprint density at radius 2 is 1.62 bits per heavy atom. The molecule has 0 aromatic heterocycles. The van der Waals surface area contributed by atoms with Crippen LogP contribution in [0, 0.1) is 5.41 Å². The summed E-state index contributed by atoms with van der Waals surface area (Å²) in [5.41, 5.74) is -1.14. The molecule has 4 aromatic rings. The molecule has 1 aliphatic carbocycles. The molecule has 11 nitrogen and oxygen atoms in total. The van der Waals surface area contributed by atoms with Crippen molar-refractivity contribution in [2.45, 2.75) is 72.2 Å². The number of benzene rings is 4. The lowest BCUT2D eigenvalue weighted by Gasteiger charge is -2.39. The first-order chi connectivity index (χ1) is 31.3. The van der Waals surface area contributed by atoms with Gasteiger partial charge in [-0.15, -0.1) is 11.8 Å². The van der Waals surface area contributed by atoms with Crippen molar-refractivity contribution in [3.05, 3.63) is 143 Å². The molecule has 1 amide bonds. The molecule has 4 aromatic carbocycles. The number of aliphatic hydroxyl groups excluding tert-OH is 1. The molecule has 2 aliphatic rings. The van der Waals surface area contributed by atoms with E-state index in [1.807, 2.05) is 47.2 Å². The Morgan fingerprint density at radius 3 is 2.29 bits per heavy atom. The molecule has 1 heterocycles. The minimum atomic E-state index is -6.08. The normalized spacial score (nSPS) is 16.7. The number of alkyl halides is 3. The van der Waals surface area contributed by atoms with E-state index in [9.17, 15) is 34.8 Å². The number of allylic oxidation sites excluding steroid dienone is 3. The van der Waals surface area contributed by atoms with Crippen LogP contribution in [0.4, 0.5) is 24.5 Å². The second kappa shape index (κ2) is 22.2. The SMILES string of the molecule is CC1(C)CCC(CN2CCN(c3ccc(C(=O)NS(=O)(=O)c4ccc(N[C@H](CCN/C=C\C/C=C\O)CSc5ccccc5)c(S(=O)(=O)C(F)(F)F)c4)cc3)CC2)=C(c2ccc(Cl)cc2)C1. The number of hydrogen-bond donors (Lipinski definition) is 4. The third kappa shape index (κ3) is 13.6. The first-order valence-corrected chi connectivity index (χ1v) is 25.9. The van der Waals surface area contributed by atoms with Crippen LogP contribution in [0.5, 0.6) is 0 Å². The Bertz CT molecular complexity index is 2600. The number of nitrogens with one attached hydrogen (secondary N) is 3. The van der Waals surface area contributed by atoms with Crippen LogP contribution in [0.15, 0.2) is 142 Å². The molecule has 0 radical (unpaired) electrons. The number of halogens is 4. The summed E-state index contributed by atoms with van der Waals surface area (Å²) in [6.07, 6.45) is 9.75. The molecule has 0 bridgehead atoms. The Hall–Kier alpha value is -4.94. The van der Waals surface area contributed by atoms with Gasteiger partial charge in [-0.1, -0.05) is 67.4 Å². The van der Waals surface area contributed by atoms with E-state index in [1.165, 1.54) is 46.7 Å². The topological polar surface area (TPSA) is 148 Å². The Labute approximate surface area is 395 Å². The fourth-order valence-corrected chi connectivity index (χ4v) is 11.0. The maximum absolute atomic E-state index is 14.1. The van der Waals surface area contributed by atoms with E-state index in [2.05, 4.69) is 46.4 Å². The highest BCUT2D eigenvalue weighted by molar-refractivity contribution is 7.99. The van der Waals surface area contributed by atoms with Crippen molar-refractivity contribution in [2.75, 3.05) is 55.2 Å². The van der Waals surface area contributed by atoms with E-state index < -0.39 is 52.8 Å². The van der Waals surface area contributed by atoms with Gasteiger partial charge in [-0.2, -0.15) is 13.2 Å². The molecule has 66 heavy (non-hydrogen) atoms. The van der Waals surface area contributed by atoms with E-state index in [4.69, 9.17) is 16.7 Å². The summed E-state index contributed by atoms with van der Waals surface area (Å²) >= 11 is 7.59. The number of aliphatic hydroxyl groups is 1. The average molecular weight is 987 g/mol. The van der Waals surface area contributed by atoms with Gasteiger partial charge in [0.15, 0.2) is 0 Å². The predicted octanol–water partition coefficient (Wildman–Crippen LogP) is 10.1. The summed E-state index contributed by atoms with van der Waals surface area (Å²) in [6.45, 7) is 8.91. The molecular weight excluding hydrogens is 931 g/mol. The number of amides is 1. The number of nitrogens with zero attached hydrogens (tertiary/aromatic N) is 2. The van der Waals surface area contributed by atoms with Crippen molar-refractivity contribution >= 4 is 66.1 Å². The van der Waals surface area contributed by atoms with Gasteiger partial charge in [-0.05, 0) is 128 Å². The number of sulfonamides is 1. The van der Waals surface area contributed by atoms with Gasteiger partial charge in [0.2, 0.25) is 0 Å². The quantitative estimate of drug-likeness (QED) is 0.0404. The molecule has 1 saturated heterocycles. The number of anilines is 2. The third-order valence-electron chi connectivity index (χ3n) is 11.5. The van der Waals surface area contributed by atoms with Gasteiger partial charge in [0, 0.05) is 72.2 Å². The van der Waals surface area contributed by atoms with E-state index in [1.54, 1.807) is 24.4 Å². The molecule has 1 aliphatic heterocycles. The largest absolute Gasteiger partial charge is 0.516 e. The van der Waals surface area contributed by atoms with E-state index in [-0.39, 0.29) is 11.0 Å². The van der Waals surface area contributed by atoms with Crippen LogP contribution in [0.1, 0.15) is 61.9 Å². The highest BCUT2D eigenvalue weighted by atomic mass is 35.5. The van der Waals surface area contributed by atoms with Gasteiger partial charge < -0.3 is 20.6 Å². The van der Waals surface area contributed by atoms with Crippen molar-refractivity contribution in [3.63, 3.8) is 0 Å². The number of hydrogen-bond acceptors (Lipinski definition) is 11. The standard InChI is InChI=1S/C48H55ClF3N5O6S3/c1-47(2)23-21-37(43(32-47)35-11-15-38(49)16-12-35)33-56-26-28-57(29-27-56)40-17-13-36(14-18-40)46(59)55-66(62,63)42-19-20-44(45(31-42)65(60,61)48(50,51)52)54-39(22-25-53-24-7-4-8-30-58)34-64-41-9-5-3-6-10-41/h3,5-20,24,30-31,39,53-54,58H,4,21-23,25-29,32-34H2,1-2H3,(H,55,59)/b24-7-,30-8-/t39-/m1/s1. The van der Waals surface area contributed by atoms with E-state index in [0.717, 1.165) is 81.0 Å². The number of thioether (sulfide) groups is 1. The van der Waals surface area contributed by atoms with Crippen molar-refractivity contribution < 1.29 is 39.9 Å². The van der Waals surface area contributed by atoms with Gasteiger partial charge in [-0.25, -0.2) is 21.6 Å². The molecule has 0 spiro atoms. The van der Waals surface area contributed by atoms with Crippen LogP contribution in [-0.4, -0.2) is 89.3 Å². The first-order valence-electron chi connectivity index (χ1n) is 21.5. The molecule has 1 atom stereocenters. The van der Waals surface area contributed by atoms with Crippen molar-refractivity contribution in [3.8, 4) is 0 Å². The lowest BCUT2D eigenvalue weighted by molar-refractivity contribution is -0.0435. The zero-order valence-corrected chi connectivity index (χ0v) is 39.9. The molecule has 18 heteroatoms. The number of sulfone groups is 1. The van der Waals surface area contributed by atoms with E-state index >= 15 is 0 Å². The fraction of sp³-hybridized carbons (Fsp3) is 0.354. The van der Waals surface area contributed by atoms with Crippen LogP contribution in [0.3, 0.4) is 0 Å². The zero-order chi connectivity index (χ0) is 47.5. The van der Waals surface area contributed by atoms with Crippen LogP contribution in [0.25, 0.3) is 5.57 Å². The van der Waals surface area contributed by atoms with Crippen LogP contribution < -0.4 is 20.3 Å². The second-order valence-corrected chi connectivity index (χ2v) is 22.1. The van der Waals surface area contributed by atoms with Crippen molar-refractivity contribution in [2.24, 2.45) is 5.41 Å². The van der Waals surface area contributed by atoms with Gasteiger partial charge in [0.1, 0.15) is 4.90 Å². The number of carbonyl (C=O) groups is 1. The molecule has 4 N–H and O–H groups in total. The number of carbonyl (C=O) groups excluding carboxylic acids is 1. The van der Waals surface area contributed by atoms with Gasteiger partial charge >= 0.3 is 5.51 Å². The average Bonchev–Trinajstić information content (AvgIpc) is 3.28. The number of piperazine rings is 1. The van der Waals surface area contributed by atoms with Crippen LogP contribution >= 0.6 is 23.4 Å². The van der Waals surface area contributed by atoms with Gasteiger partial charge in [0.05, 0.1) is 16.8 Å². The first kappa shape index (κ1) is 50.5. The maximum Gasteiger partial charge on any atom is 0.501 e. The highest BCUT2D eigenvalue weighted by Gasteiger charge is 2.48. The van der Waals surface area contributed by atoms with Crippen LogP contribution in [0.2, 0.25) is 5.02 Å². The number of rotatable bonds is 19. The summed E-state index contributed by atoms with van der Waals surface area (Å²) in [5, 5.41) is 15.5. The molecule has 6 rings (SSSR count). The Balaban J connectivity index is 1.12. The maximum atomic E-state index is 14.1. The second-order valence-electron chi connectivity index (χ2n) is 17.0. The summed E-state index contributed by atoms with van der Waals surface area (Å²) in [6, 6.07) is 25.4. The zero-order valence-electron chi connectivity index (χ0n) is 36.7.